The first-order valence-corrected chi connectivity index (χ1v) is 5.10. The predicted molar refractivity (Wildman–Crippen MR) is 44.7 cm³/mol. The molecule has 0 amide bonds. The molecule has 10 nitrogen and oxygen atoms in total. The third-order valence-corrected chi connectivity index (χ3v) is 2.52. The number of hydrogen-bond donors (Lipinski definition) is 0. The molecule has 2 atom stereocenters. The van der Waals surface area contributed by atoms with Gasteiger partial charge in [0.15, 0.2) is 0 Å². The second kappa shape index (κ2) is 21.1. The summed E-state index contributed by atoms with van der Waals surface area (Å²) in [6, 6.07) is 0. The van der Waals surface area contributed by atoms with Gasteiger partial charge >= 0.3 is 148 Å². The van der Waals surface area contributed by atoms with E-state index in [0.29, 0.717) is 0 Å². The monoisotopic (exact) mass is 402 g/mol. The van der Waals surface area contributed by atoms with E-state index in [1.165, 1.54) is 0 Å². The van der Waals surface area contributed by atoms with Crippen LogP contribution in [0.25, 0.3) is 0 Å². The molecule has 112 valence electrons. The van der Waals surface area contributed by atoms with Crippen LogP contribution < -0.4 is 173 Å². The van der Waals surface area contributed by atoms with Gasteiger partial charge in [-0.25, -0.2) is 0 Å². The SMILES string of the molecule is O=C([O-])CC(C(=O)[O-])C(C(=O)[O-])C(CC(=O)[O-])C(=O)[O-].[Na+].[Na+].[Na+].[Na+].[Na+]. The number of hydrogen-bond acceptors (Lipinski definition) is 10. The van der Waals surface area contributed by atoms with Crippen molar-refractivity contribution in [3.63, 3.8) is 0 Å². The quantitative estimate of drug-likeness (QED) is 0.333. The molecular weight excluding hydrogens is 395 g/mol. The zero-order chi connectivity index (χ0) is 16.0. The number of rotatable bonds is 9. The molecule has 0 aliphatic carbocycles. The molecule has 0 saturated heterocycles. The maximum absolute atomic E-state index is 10.8. The molecule has 15 heteroatoms. The fourth-order valence-electron chi connectivity index (χ4n) is 1.68. The molecule has 0 aliphatic heterocycles. The maximum atomic E-state index is 10.8. The van der Waals surface area contributed by atoms with Gasteiger partial charge in [-0.2, -0.15) is 0 Å². The third kappa shape index (κ3) is 17.0. The molecule has 0 spiro atoms. The zero-order valence-electron chi connectivity index (χ0n) is 14.7. The topological polar surface area (TPSA) is 201 Å². The summed E-state index contributed by atoms with van der Waals surface area (Å²) in [7, 11) is 0. The second-order valence-electron chi connectivity index (χ2n) is 3.85. The van der Waals surface area contributed by atoms with Gasteiger partial charge in [0.2, 0.25) is 0 Å². The fraction of sp³-hybridized carbons (Fsp3) is 0.500. The van der Waals surface area contributed by atoms with Crippen LogP contribution in [0.2, 0.25) is 0 Å². The van der Waals surface area contributed by atoms with Crippen LogP contribution in [0.15, 0.2) is 0 Å². The summed E-state index contributed by atoms with van der Waals surface area (Å²) in [5, 5.41) is 53.0. The van der Waals surface area contributed by atoms with E-state index in [0.717, 1.165) is 0 Å². The van der Waals surface area contributed by atoms with E-state index in [2.05, 4.69) is 0 Å². The smallest absolute Gasteiger partial charge is 0.550 e. The van der Waals surface area contributed by atoms with Gasteiger partial charge in [-0.1, -0.05) is 0 Å². The fourth-order valence-corrected chi connectivity index (χ4v) is 1.68. The van der Waals surface area contributed by atoms with Gasteiger partial charge < -0.3 is 49.5 Å². The van der Waals surface area contributed by atoms with Gasteiger partial charge in [0, 0.05) is 47.6 Å². The Bertz CT molecular complexity index is 423. The van der Waals surface area contributed by atoms with Crippen LogP contribution in [0.5, 0.6) is 0 Å². The minimum atomic E-state index is -2.49. The summed E-state index contributed by atoms with van der Waals surface area (Å²) in [5.41, 5.74) is 0. The molecule has 0 aliphatic rings. The molecule has 0 bridgehead atoms. The van der Waals surface area contributed by atoms with Gasteiger partial charge in [0.05, 0.1) is 0 Å². The number of carbonyl (C=O) groups is 5. The van der Waals surface area contributed by atoms with Gasteiger partial charge in [0.25, 0.3) is 0 Å². The van der Waals surface area contributed by atoms with Crippen LogP contribution in [-0.2, 0) is 24.0 Å². The largest absolute Gasteiger partial charge is 1.00 e. The van der Waals surface area contributed by atoms with E-state index >= 15 is 0 Å². The summed E-state index contributed by atoms with van der Waals surface area (Å²) < 4.78 is 0. The minimum Gasteiger partial charge on any atom is -0.550 e. The normalized spacial score (nSPS) is 11.8. The van der Waals surface area contributed by atoms with Crippen molar-refractivity contribution in [3.8, 4) is 0 Å². The van der Waals surface area contributed by atoms with Crippen LogP contribution in [0.4, 0.5) is 0 Å². The molecule has 0 aromatic carbocycles. The zero-order valence-corrected chi connectivity index (χ0v) is 24.7. The van der Waals surface area contributed by atoms with Crippen molar-refractivity contribution in [1.29, 1.82) is 0 Å². The first kappa shape index (κ1) is 41.7. The number of carbonyl (C=O) groups excluding carboxylic acids is 5. The first-order valence-electron chi connectivity index (χ1n) is 5.10. The minimum absolute atomic E-state index is 0. The standard InChI is InChI=1S/C10H12O10.5Na/c11-5(12)1-3(8(15)16)7(10(19)20)4(9(17)18)2-6(13)14;;;;;/h3-4,7H,1-2H2,(H,11,12)(H,13,14)(H,15,16)(H,17,18)(H,19,20);;;;;/q;5*+1/p-5. The summed E-state index contributed by atoms with van der Waals surface area (Å²) in [6.07, 6.45) is -2.78. The van der Waals surface area contributed by atoms with E-state index in [1.807, 2.05) is 0 Å². The van der Waals surface area contributed by atoms with Crippen LogP contribution >= 0.6 is 0 Å². The Morgan fingerprint density at radius 2 is 0.760 bits per heavy atom. The molecule has 0 fully saturated rings. The van der Waals surface area contributed by atoms with Crippen molar-refractivity contribution < 1.29 is 197 Å². The molecule has 0 heterocycles. The van der Waals surface area contributed by atoms with Crippen molar-refractivity contribution in [2.45, 2.75) is 12.8 Å². The summed E-state index contributed by atoms with van der Waals surface area (Å²) in [5.74, 6) is -17.8. The van der Waals surface area contributed by atoms with Crippen LogP contribution in [0.3, 0.4) is 0 Å². The Labute approximate surface area is 253 Å². The van der Waals surface area contributed by atoms with E-state index in [4.69, 9.17) is 0 Å². The van der Waals surface area contributed by atoms with Crippen LogP contribution in [0.1, 0.15) is 12.8 Å². The van der Waals surface area contributed by atoms with Crippen molar-refractivity contribution in [1.82, 2.24) is 0 Å². The number of carboxylic acid groups (broad SMARTS) is 5. The Balaban J connectivity index is -0.000000180. The molecular formula is C10H7Na5O10. The summed E-state index contributed by atoms with van der Waals surface area (Å²) >= 11 is 0. The van der Waals surface area contributed by atoms with E-state index in [1.54, 1.807) is 0 Å². The van der Waals surface area contributed by atoms with Gasteiger partial charge in [0.1, 0.15) is 0 Å². The van der Waals surface area contributed by atoms with Gasteiger partial charge in [-0.3, -0.25) is 0 Å². The van der Waals surface area contributed by atoms with Gasteiger partial charge in [-0.05, 0) is 12.8 Å². The van der Waals surface area contributed by atoms with Crippen LogP contribution in [0, 0.1) is 17.8 Å². The van der Waals surface area contributed by atoms with E-state index in [9.17, 15) is 49.5 Å². The molecule has 0 rings (SSSR count). The summed E-state index contributed by atoms with van der Waals surface area (Å²) in [6.45, 7) is 0. The molecule has 0 radical (unpaired) electrons. The molecule has 0 aromatic rings. The third-order valence-electron chi connectivity index (χ3n) is 2.52. The molecule has 2 unspecified atom stereocenters. The molecule has 25 heavy (non-hydrogen) atoms. The summed E-state index contributed by atoms with van der Waals surface area (Å²) in [4.78, 5) is 53.0. The average molecular weight is 402 g/mol. The molecule has 0 N–H and O–H groups in total. The van der Waals surface area contributed by atoms with Crippen molar-refractivity contribution in [2.75, 3.05) is 0 Å². The Morgan fingerprint density at radius 1 is 0.520 bits per heavy atom. The predicted octanol–water partition coefficient (Wildman–Crippen LogP) is -22.6. The van der Waals surface area contributed by atoms with Crippen LogP contribution in [-0.4, -0.2) is 29.8 Å². The van der Waals surface area contributed by atoms with Crippen molar-refractivity contribution in [2.24, 2.45) is 17.8 Å². The molecule has 0 aromatic heterocycles. The first-order chi connectivity index (χ1) is 9.07. The van der Waals surface area contributed by atoms with Crippen molar-refractivity contribution >= 4 is 29.8 Å². The Morgan fingerprint density at radius 3 is 0.880 bits per heavy atom. The Kier molecular flexibility index (Phi) is 35.1. The van der Waals surface area contributed by atoms with Gasteiger partial charge in [-0.15, -0.1) is 0 Å². The second-order valence-corrected chi connectivity index (χ2v) is 3.85. The maximum Gasteiger partial charge on any atom is 1.00 e. The van der Waals surface area contributed by atoms with Crippen molar-refractivity contribution in [3.05, 3.63) is 0 Å². The number of aliphatic carboxylic acids is 5. The van der Waals surface area contributed by atoms with E-state index < -0.39 is 60.4 Å². The molecule has 0 saturated carbocycles. The number of carboxylic acids is 5. The van der Waals surface area contributed by atoms with E-state index in [-0.39, 0.29) is 148 Å². The average Bonchev–Trinajstić information content (AvgIpc) is 2.24. The Hall–Kier alpha value is 2.35.